The van der Waals surface area contributed by atoms with Crippen LogP contribution in [-0.4, -0.2) is 89.7 Å². The van der Waals surface area contributed by atoms with Crippen molar-refractivity contribution in [1.82, 2.24) is 10.2 Å². The second-order valence-corrected chi connectivity index (χ2v) is 11.0. The van der Waals surface area contributed by atoms with Crippen LogP contribution in [0.1, 0.15) is 34.7 Å². The van der Waals surface area contributed by atoms with Crippen LogP contribution in [0.5, 0.6) is 11.5 Å². The third-order valence-electron chi connectivity index (χ3n) is 7.99. The van der Waals surface area contributed by atoms with Gasteiger partial charge in [-0.25, -0.2) is 0 Å². The van der Waals surface area contributed by atoms with Crippen molar-refractivity contribution < 1.29 is 23.7 Å². The van der Waals surface area contributed by atoms with Crippen molar-refractivity contribution in [3.05, 3.63) is 90.0 Å². The Morgan fingerprint density at radius 2 is 1.81 bits per heavy atom. The number of hydrogen-bond acceptors (Lipinski definition) is 7. The van der Waals surface area contributed by atoms with Gasteiger partial charge in [-0.1, -0.05) is 42.5 Å². The van der Waals surface area contributed by atoms with Crippen LogP contribution in [0.15, 0.2) is 78.9 Å². The molecule has 1 N–H and O–H groups in total. The van der Waals surface area contributed by atoms with Gasteiger partial charge >= 0.3 is 0 Å². The topological polar surface area (TPSA) is 72.5 Å². The minimum Gasteiger partial charge on any atom is -0.492 e. The van der Waals surface area contributed by atoms with E-state index in [0.717, 1.165) is 62.8 Å². The molecule has 5 rings (SSSR count). The predicted octanol–water partition coefficient (Wildman–Crippen LogP) is 4.60. The number of para-hydroxylation sites is 3. The Labute approximate surface area is 249 Å². The monoisotopic (exact) mass is 573 g/mol. The lowest BCUT2D eigenvalue weighted by Gasteiger charge is -2.38. The van der Waals surface area contributed by atoms with E-state index in [1.165, 1.54) is 5.56 Å². The summed E-state index contributed by atoms with van der Waals surface area (Å²) in [7, 11) is 3.55. The smallest absolute Gasteiger partial charge is 0.253 e. The van der Waals surface area contributed by atoms with Crippen LogP contribution in [0.3, 0.4) is 0 Å². The van der Waals surface area contributed by atoms with Gasteiger partial charge < -0.3 is 34.1 Å². The van der Waals surface area contributed by atoms with Crippen molar-refractivity contribution in [1.29, 1.82) is 0 Å². The number of benzene rings is 3. The summed E-state index contributed by atoms with van der Waals surface area (Å²) in [4.78, 5) is 17.1. The molecule has 2 aliphatic heterocycles. The first-order valence-electron chi connectivity index (χ1n) is 15.0. The zero-order valence-electron chi connectivity index (χ0n) is 24.7. The van der Waals surface area contributed by atoms with Gasteiger partial charge in [-0.05, 0) is 61.3 Å². The van der Waals surface area contributed by atoms with E-state index < -0.39 is 0 Å². The van der Waals surface area contributed by atoms with E-state index in [9.17, 15) is 4.79 Å². The maximum atomic E-state index is 13.0. The summed E-state index contributed by atoms with van der Waals surface area (Å²) >= 11 is 0. The lowest BCUT2D eigenvalue weighted by molar-refractivity contribution is -0.0200. The first kappa shape index (κ1) is 29.9. The number of carbonyl (C=O) groups is 1. The summed E-state index contributed by atoms with van der Waals surface area (Å²) < 4.78 is 23.9. The fourth-order valence-electron chi connectivity index (χ4n) is 5.71. The molecule has 0 aliphatic carbocycles. The van der Waals surface area contributed by atoms with E-state index in [1.54, 1.807) is 12.0 Å². The number of hydrogen-bond donors (Lipinski definition) is 1. The molecule has 0 radical (unpaired) electrons. The molecule has 42 heavy (non-hydrogen) atoms. The van der Waals surface area contributed by atoms with Gasteiger partial charge in [0.2, 0.25) is 0 Å². The molecule has 2 heterocycles. The van der Waals surface area contributed by atoms with Crippen LogP contribution >= 0.6 is 0 Å². The summed E-state index contributed by atoms with van der Waals surface area (Å²) in [5.41, 5.74) is 3.01. The number of methoxy groups -OCH3 is 1. The second kappa shape index (κ2) is 15.0. The maximum absolute atomic E-state index is 13.0. The van der Waals surface area contributed by atoms with Gasteiger partial charge in [-0.3, -0.25) is 4.79 Å². The molecule has 8 nitrogen and oxygen atoms in total. The Morgan fingerprint density at radius 3 is 2.62 bits per heavy atom. The van der Waals surface area contributed by atoms with Crippen molar-refractivity contribution in [2.24, 2.45) is 0 Å². The quantitative estimate of drug-likeness (QED) is 0.300. The van der Waals surface area contributed by atoms with Gasteiger partial charge in [-0.15, -0.1) is 0 Å². The number of carbonyl (C=O) groups excluding carboxylic acids is 1. The Kier molecular flexibility index (Phi) is 10.7. The highest BCUT2D eigenvalue weighted by molar-refractivity contribution is 5.94. The van der Waals surface area contributed by atoms with E-state index in [2.05, 4.69) is 34.5 Å². The second-order valence-electron chi connectivity index (χ2n) is 11.0. The van der Waals surface area contributed by atoms with Crippen LogP contribution in [-0.2, 0) is 9.47 Å². The molecule has 224 valence electrons. The number of piperidine rings is 1. The molecule has 8 heteroatoms. The van der Waals surface area contributed by atoms with E-state index in [4.69, 9.17) is 18.9 Å². The molecule has 1 fully saturated rings. The Bertz CT molecular complexity index is 1260. The van der Waals surface area contributed by atoms with Crippen molar-refractivity contribution in [2.75, 3.05) is 71.6 Å². The first-order valence-corrected chi connectivity index (χ1v) is 15.0. The molecule has 0 aromatic heterocycles. The van der Waals surface area contributed by atoms with Gasteiger partial charge in [0, 0.05) is 45.3 Å². The van der Waals surface area contributed by atoms with Crippen molar-refractivity contribution >= 4 is 11.6 Å². The summed E-state index contributed by atoms with van der Waals surface area (Å²) in [5.74, 6) is 1.95. The number of ether oxygens (including phenoxy) is 4. The molecule has 2 aliphatic rings. The SMILES string of the molecule is COCCCN1CC(COC2CNCCC2c2ccc(C(=O)N(C)CCOc3ccccc3)cc2)Oc2ccccc21. The fraction of sp³-hybridized carbons (Fsp3) is 0.441. The number of fused-ring (bicyclic) bond motifs is 1. The zero-order valence-corrected chi connectivity index (χ0v) is 24.7. The number of amides is 1. The largest absolute Gasteiger partial charge is 0.492 e. The number of nitrogens with one attached hydrogen (secondary N) is 1. The molecule has 3 atom stereocenters. The molecule has 0 bridgehead atoms. The molecule has 1 saturated heterocycles. The van der Waals surface area contributed by atoms with Gasteiger partial charge in [0.15, 0.2) is 0 Å². The predicted molar refractivity (Wildman–Crippen MR) is 165 cm³/mol. The minimum atomic E-state index is -0.0496. The molecule has 1 amide bonds. The fourth-order valence-corrected chi connectivity index (χ4v) is 5.71. The summed E-state index contributed by atoms with van der Waals surface area (Å²) in [6, 6.07) is 25.9. The Hall–Kier alpha value is -3.59. The third-order valence-corrected chi connectivity index (χ3v) is 7.99. The van der Waals surface area contributed by atoms with E-state index >= 15 is 0 Å². The summed E-state index contributed by atoms with van der Waals surface area (Å²) in [6.07, 6.45) is 1.92. The number of rotatable bonds is 13. The molecule has 3 aromatic rings. The van der Waals surface area contributed by atoms with Crippen molar-refractivity contribution in [3.63, 3.8) is 0 Å². The van der Waals surface area contributed by atoms with E-state index in [-0.39, 0.29) is 24.0 Å². The number of nitrogens with zero attached hydrogens (tertiary/aromatic N) is 2. The van der Waals surface area contributed by atoms with Gasteiger partial charge in [0.1, 0.15) is 24.2 Å². The highest BCUT2D eigenvalue weighted by Gasteiger charge is 2.31. The summed E-state index contributed by atoms with van der Waals surface area (Å²) in [5, 5.41) is 3.49. The lowest BCUT2D eigenvalue weighted by Crippen LogP contribution is -2.46. The zero-order chi connectivity index (χ0) is 29.1. The Morgan fingerprint density at radius 1 is 1.02 bits per heavy atom. The van der Waals surface area contributed by atoms with Gasteiger partial charge in [0.25, 0.3) is 5.91 Å². The average Bonchev–Trinajstić information content (AvgIpc) is 3.04. The van der Waals surface area contributed by atoms with Crippen molar-refractivity contribution in [3.8, 4) is 11.5 Å². The van der Waals surface area contributed by atoms with Crippen LogP contribution < -0.4 is 19.7 Å². The Balaban J connectivity index is 1.15. The molecule has 3 unspecified atom stereocenters. The summed E-state index contributed by atoms with van der Waals surface area (Å²) in [6.45, 7) is 5.64. The molecule has 0 saturated carbocycles. The van der Waals surface area contributed by atoms with Crippen LogP contribution in [0.25, 0.3) is 0 Å². The minimum absolute atomic E-state index is 0.0129. The van der Waals surface area contributed by atoms with Gasteiger partial charge in [-0.2, -0.15) is 0 Å². The van der Waals surface area contributed by atoms with Crippen LogP contribution in [0.2, 0.25) is 0 Å². The standard InChI is InChI=1S/C34H43N3O5/c1-36(20-22-40-28-9-4-3-5-10-28)34(38)27-15-13-26(14-16-27)30-17-18-35-23-33(30)41-25-29-24-37(19-8-21-39-2)31-11-6-7-12-32(31)42-29/h3-7,9-16,29-30,33,35H,8,17-25H2,1-2H3. The first-order chi connectivity index (χ1) is 20.6. The average molecular weight is 574 g/mol. The third kappa shape index (κ3) is 7.82. The normalized spacial score (nSPS) is 20.0. The molecule has 0 spiro atoms. The number of anilines is 1. The maximum Gasteiger partial charge on any atom is 0.253 e. The van der Waals surface area contributed by atoms with Crippen LogP contribution in [0.4, 0.5) is 5.69 Å². The number of likely N-dealkylation sites (N-methyl/N-ethyl adjacent to an activating group) is 1. The van der Waals surface area contributed by atoms with Crippen LogP contribution in [0, 0.1) is 0 Å². The lowest BCUT2D eigenvalue weighted by atomic mass is 9.87. The highest BCUT2D eigenvalue weighted by Crippen LogP contribution is 2.34. The van der Waals surface area contributed by atoms with E-state index in [0.29, 0.717) is 25.3 Å². The van der Waals surface area contributed by atoms with Gasteiger partial charge in [0.05, 0.1) is 31.5 Å². The molecular formula is C34H43N3O5. The van der Waals surface area contributed by atoms with Crippen molar-refractivity contribution in [2.45, 2.75) is 31.0 Å². The van der Waals surface area contributed by atoms with E-state index in [1.807, 2.05) is 61.6 Å². The molecule has 3 aromatic carbocycles. The molecular weight excluding hydrogens is 530 g/mol. The highest BCUT2D eigenvalue weighted by atomic mass is 16.5.